The molecule has 1 N–H and O–H groups in total. The number of nitro benzene ring substituents is 1. The van der Waals surface area contributed by atoms with Gasteiger partial charge in [0.2, 0.25) is 5.91 Å². The Kier molecular flexibility index (Phi) is 6.81. The van der Waals surface area contributed by atoms with Crippen LogP contribution in [0.1, 0.15) is 11.1 Å². The van der Waals surface area contributed by atoms with Crippen LogP contribution in [0, 0.1) is 10.1 Å². The highest BCUT2D eigenvalue weighted by molar-refractivity contribution is 6.32. The zero-order chi connectivity index (χ0) is 20.9. The van der Waals surface area contributed by atoms with Gasteiger partial charge >= 0.3 is 6.18 Å². The van der Waals surface area contributed by atoms with Crippen LogP contribution in [0.3, 0.4) is 0 Å². The zero-order valence-corrected chi connectivity index (χ0v) is 15.1. The lowest BCUT2D eigenvalue weighted by atomic mass is 10.1. The van der Waals surface area contributed by atoms with Crippen LogP contribution in [0.2, 0.25) is 5.02 Å². The van der Waals surface area contributed by atoms with Gasteiger partial charge in [0.25, 0.3) is 5.69 Å². The van der Waals surface area contributed by atoms with Crippen LogP contribution in [-0.4, -0.2) is 24.7 Å². The van der Waals surface area contributed by atoms with E-state index >= 15 is 0 Å². The number of hydrogen-bond donors (Lipinski definition) is 1. The minimum atomic E-state index is -4.56. The molecule has 0 aliphatic rings. The Labute approximate surface area is 162 Å². The third-order valence-electron chi connectivity index (χ3n) is 3.50. The lowest BCUT2D eigenvalue weighted by molar-refractivity contribution is -0.385. The van der Waals surface area contributed by atoms with E-state index in [1.165, 1.54) is 19.2 Å². The molecule has 0 saturated carbocycles. The Morgan fingerprint density at radius 1 is 1.25 bits per heavy atom. The van der Waals surface area contributed by atoms with E-state index in [1.807, 2.05) is 0 Å². The van der Waals surface area contributed by atoms with Crippen LogP contribution in [0.4, 0.5) is 18.9 Å². The summed E-state index contributed by atoms with van der Waals surface area (Å²) in [4.78, 5) is 22.3. The van der Waals surface area contributed by atoms with Crippen molar-refractivity contribution in [3.05, 3.63) is 62.7 Å². The Hall–Kier alpha value is -2.85. The van der Waals surface area contributed by atoms with E-state index < -0.39 is 22.6 Å². The summed E-state index contributed by atoms with van der Waals surface area (Å²) in [6.45, 7) is -0.0655. The number of hydrogen-bond acceptors (Lipinski definition) is 5. The first kappa shape index (κ1) is 21.5. The minimum Gasteiger partial charge on any atom is -0.456 e. The average Bonchev–Trinajstić information content (AvgIpc) is 2.60. The summed E-state index contributed by atoms with van der Waals surface area (Å²) in [5.74, 6) is -0.519. The van der Waals surface area contributed by atoms with Gasteiger partial charge in [0, 0.05) is 18.7 Å². The summed E-state index contributed by atoms with van der Waals surface area (Å²) >= 11 is 5.84. The van der Waals surface area contributed by atoms with Gasteiger partial charge in [0.15, 0.2) is 0 Å². The van der Waals surface area contributed by atoms with E-state index in [0.29, 0.717) is 6.07 Å². The number of carbonyl (C=O) groups is 1. The monoisotopic (exact) mass is 418 g/mol. The molecule has 2 aromatic rings. The van der Waals surface area contributed by atoms with Gasteiger partial charge in [-0.05, 0) is 30.3 Å². The van der Waals surface area contributed by atoms with E-state index in [-0.39, 0.29) is 40.9 Å². The first-order valence-electron chi connectivity index (χ1n) is 7.69. The van der Waals surface area contributed by atoms with E-state index in [2.05, 4.69) is 5.32 Å². The fourth-order valence-corrected chi connectivity index (χ4v) is 2.44. The predicted octanol–water partition coefficient (Wildman–Crippen LogP) is 4.32. The molecule has 28 heavy (non-hydrogen) atoms. The molecule has 0 aliphatic heterocycles. The van der Waals surface area contributed by atoms with Crippen molar-refractivity contribution in [2.24, 2.45) is 0 Å². The fourth-order valence-electron chi connectivity index (χ4n) is 2.22. The van der Waals surface area contributed by atoms with Crippen molar-refractivity contribution in [3.63, 3.8) is 0 Å². The number of amides is 1. The van der Waals surface area contributed by atoms with Crippen LogP contribution in [0.25, 0.3) is 0 Å². The third-order valence-corrected chi connectivity index (χ3v) is 3.79. The molecule has 0 spiro atoms. The van der Waals surface area contributed by atoms with Crippen molar-refractivity contribution in [3.8, 4) is 11.5 Å². The average molecular weight is 419 g/mol. The number of nitrogens with zero attached hydrogens (tertiary/aromatic N) is 1. The molecule has 2 rings (SSSR count). The quantitative estimate of drug-likeness (QED) is 0.411. The molecule has 7 nitrogen and oxygen atoms in total. The first-order chi connectivity index (χ1) is 13.1. The lowest BCUT2D eigenvalue weighted by Crippen LogP contribution is -2.27. The molecule has 0 aromatic heterocycles. The Morgan fingerprint density at radius 2 is 1.96 bits per heavy atom. The van der Waals surface area contributed by atoms with Gasteiger partial charge in [-0.2, -0.15) is 13.2 Å². The number of nitrogens with one attached hydrogen (secondary N) is 1. The summed E-state index contributed by atoms with van der Waals surface area (Å²) in [7, 11) is 1.37. The second kappa shape index (κ2) is 8.89. The van der Waals surface area contributed by atoms with Gasteiger partial charge in [0.05, 0.1) is 21.9 Å². The van der Waals surface area contributed by atoms with Crippen LogP contribution in [0.5, 0.6) is 11.5 Å². The topological polar surface area (TPSA) is 90.7 Å². The van der Waals surface area contributed by atoms with Crippen molar-refractivity contribution in [1.29, 1.82) is 0 Å². The normalized spacial score (nSPS) is 11.2. The van der Waals surface area contributed by atoms with Crippen molar-refractivity contribution < 1.29 is 32.4 Å². The van der Waals surface area contributed by atoms with Crippen LogP contribution >= 0.6 is 11.6 Å². The van der Waals surface area contributed by atoms with Crippen molar-refractivity contribution in [1.82, 2.24) is 5.32 Å². The lowest BCUT2D eigenvalue weighted by Gasteiger charge is -2.12. The standard InChI is InChI=1S/C17H14ClF3N2O5/c1-27-9-22-16(24)7-10-6-12(3-4-14(10)23(25)26)28-15-5-2-11(8-13(15)18)17(19,20)21/h2-6,8H,7,9H2,1H3,(H,22,24). The number of carbonyl (C=O) groups excluding carboxylic acids is 1. The molecule has 1 amide bonds. The molecular formula is C17H14ClF3N2O5. The predicted molar refractivity (Wildman–Crippen MR) is 93.3 cm³/mol. The molecule has 0 unspecified atom stereocenters. The molecule has 150 valence electrons. The van der Waals surface area contributed by atoms with Gasteiger partial charge in [-0.1, -0.05) is 11.6 Å². The zero-order valence-electron chi connectivity index (χ0n) is 14.4. The van der Waals surface area contributed by atoms with Crippen molar-refractivity contribution in [2.75, 3.05) is 13.8 Å². The largest absolute Gasteiger partial charge is 0.456 e. The third kappa shape index (κ3) is 5.57. The van der Waals surface area contributed by atoms with Gasteiger partial charge in [0.1, 0.15) is 18.2 Å². The molecule has 0 bridgehead atoms. The summed E-state index contributed by atoms with van der Waals surface area (Å²) in [5, 5.41) is 13.3. The number of nitro groups is 1. The Bertz CT molecular complexity index is 890. The summed E-state index contributed by atoms with van der Waals surface area (Å²) in [5.41, 5.74) is -1.19. The number of benzene rings is 2. The molecule has 0 fully saturated rings. The molecule has 2 aromatic carbocycles. The molecule has 0 saturated heterocycles. The van der Waals surface area contributed by atoms with E-state index in [0.717, 1.165) is 18.2 Å². The molecule has 0 aliphatic carbocycles. The second-order valence-electron chi connectivity index (χ2n) is 5.50. The number of methoxy groups -OCH3 is 1. The van der Waals surface area contributed by atoms with Crippen LogP contribution in [0.15, 0.2) is 36.4 Å². The highest BCUT2D eigenvalue weighted by Gasteiger charge is 2.31. The van der Waals surface area contributed by atoms with Crippen LogP contribution < -0.4 is 10.1 Å². The minimum absolute atomic E-state index is 0.0548. The second-order valence-corrected chi connectivity index (χ2v) is 5.91. The summed E-state index contributed by atoms with van der Waals surface area (Å²) in [6.07, 6.45) is -4.88. The Morgan fingerprint density at radius 3 is 2.54 bits per heavy atom. The molecule has 0 atom stereocenters. The van der Waals surface area contributed by atoms with Gasteiger partial charge in [-0.25, -0.2) is 0 Å². The number of ether oxygens (including phenoxy) is 2. The maximum absolute atomic E-state index is 12.7. The van der Waals surface area contributed by atoms with E-state index in [4.69, 9.17) is 21.1 Å². The van der Waals surface area contributed by atoms with Crippen molar-refractivity contribution >= 4 is 23.2 Å². The van der Waals surface area contributed by atoms with Crippen molar-refractivity contribution in [2.45, 2.75) is 12.6 Å². The number of rotatable bonds is 7. The van der Waals surface area contributed by atoms with Gasteiger partial charge in [-0.15, -0.1) is 0 Å². The fraction of sp³-hybridized carbons (Fsp3) is 0.235. The highest BCUT2D eigenvalue weighted by atomic mass is 35.5. The van der Waals surface area contributed by atoms with E-state index in [9.17, 15) is 28.1 Å². The summed E-state index contributed by atoms with van der Waals surface area (Å²) in [6, 6.07) is 6.18. The molecule has 11 heteroatoms. The molecule has 0 radical (unpaired) electrons. The van der Waals surface area contributed by atoms with Crippen LogP contribution in [-0.2, 0) is 22.1 Å². The summed E-state index contributed by atoms with van der Waals surface area (Å²) < 4.78 is 48.2. The SMILES string of the molecule is COCNC(=O)Cc1cc(Oc2ccc(C(F)(F)F)cc2Cl)ccc1[N+](=O)[O-]. The van der Waals surface area contributed by atoms with E-state index in [1.54, 1.807) is 0 Å². The molecule has 0 heterocycles. The maximum atomic E-state index is 12.7. The number of alkyl halides is 3. The molecular weight excluding hydrogens is 405 g/mol. The smallest absolute Gasteiger partial charge is 0.416 e. The Balaban J connectivity index is 2.28. The highest BCUT2D eigenvalue weighted by Crippen LogP contribution is 2.37. The maximum Gasteiger partial charge on any atom is 0.416 e. The van der Waals surface area contributed by atoms with Gasteiger partial charge in [-0.3, -0.25) is 14.9 Å². The first-order valence-corrected chi connectivity index (χ1v) is 8.07. The van der Waals surface area contributed by atoms with Gasteiger partial charge < -0.3 is 14.8 Å². The number of halogens is 4.